The van der Waals surface area contributed by atoms with Crippen molar-refractivity contribution in [2.45, 2.75) is 52.5 Å². The van der Waals surface area contributed by atoms with Gasteiger partial charge in [0.1, 0.15) is 12.4 Å². The summed E-state index contributed by atoms with van der Waals surface area (Å²) >= 11 is 1.57. The lowest BCUT2D eigenvalue weighted by Crippen LogP contribution is -2.30. The number of para-hydroxylation sites is 1. The number of anilines is 1. The highest BCUT2D eigenvalue weighted by Crippen LogP contribution is 2.34. The van der Waals surface area contributed by atoms with E-state index in [9.17, 15) is 9.59 Å². The number of nitrogens with zero attached hydrogens (tertiary/aromatic N) is 3. The lowest BCUT2D eigenvalue weighted by atomic mass is 9.88. The number of aromatic nitrogens is 3. The van der Waals surface area contributed by atoms with E-state index in [1.165, 1.54) is 28.7 Å². The summed E-state index contributed by atoms with van der Waals surface area (Å²) in [4.78, 5) is 35.6. The van der Waals surface area contributed by atoms with E-state index < -0.39 is 0 Å². The number of carbonyl (C=O) groups excluding carboxylic acids is 1. The van der Waals surface area contributed by atoms with E-state index in [2.05, 4.69) is 22.2 Å². The van der Waals surface area contributed by atoms with Gasteiger partial charge in [0.2, 0.25) is 5.91 Å². The van der Waals surface area contributed by atoms with Crippen LogP contribution in [0, 0.1) is 12.8 Å². The van der Waals surface area contributed by atoms with E-state index in [0.717, 1.165) is 24.5 Å². The van der Waals surface area contributed by atoms with Crippen LogP contribution in [0.1, 0.15) is 42.6 Å². The van der Waals surface area contributed by atoms with Crippen LogP contribution in [-0.4, -0.2) is 20.4 Å². The second-order valence-corrected chi connectivity index (χ2v) is 8.49. The van der Waals surface area contributed by atoms with Crippen LogP contribution in [0.5, 0.6) is 0 Å². The predicted octanol–water partition coefficient (Wildman–Crippen LogP) is 3.71. The molecule has 0 aliphatic heterocycles. The smallest absolute Gasteiger partial charge is 0.261 e. The molecule has 1 unspecified atom stereocenters. The Bertz CT molecular complexity index is 1090. The third-order valence-electron chi connectivity index (χ3n) is 5.34. The van der Waals surface area contributed by atoms with Gasteiger partial charge in [-0.05, 0) is 44.2 Å². The van der Waals surface area contributed by atoms with E-state index in [-0.39, 0.29) is 18.0 Å². The van der Waals surface area contributed by atoms with Crippen LogP contribution >= 0.6 is 11.3 Å². The van der Waals surface area contributed by atoms with Crippen molar-refractivity contribution in [3.8, 4) is 0 Å². The molecule has 7 heteroatoms. The van der Waals surface area contributed by atoms with Crippen molar-refractivity contribution in [1.82, 2.24) is 14.5 Å². The van der Waals surface area contributed by atoms with Crippen LogP contribution in [0.15, 0.2) is 29.1 Å². The number of amides is 1. The third kappa shape index (κ3) is 3.71. The van der Waals surface area contributed by atoms with Gasteiger partial charge in [-0.25, -0.2) is 9.97 Å². The first kappa shape index (κ1) is 18.8. The maximum atomic E-state index is 12.7. The van der Waals surface area contributed by atoms with E-state index in [0.29, 0.717) is 21.9 Å². The average Bonchev–Trinajstić information content (AvgIpc) is 3.07. The lowest BCUT2D eigenvalue weighted by Gasteiger charge is -2.19. The molecule has 1 amide bonds. The van der Waals surface area contributed by atoms with Gasteiger partial charge in [0.25, 0.3) is 5.56 Å². The number of aryl methyl sites for hydroxylation is 2. The molecule has 6 nitrogen and oxygen atoms in total. The second kappa shape index (κ2) is 7.83. The molecule has 2 heterocycles. The molecule has 0 saturated heterocycles. The largest absolute Gasteiger partial charge is 0.300 e. The van der Waals surface area contributed by atoms with Gasteiger partial charge in [-0.1, -0.05) is 31.9 Å². The number of hydrogen-bond acceptors (Lipinski definition) is 5. The van der Waals surface area contributed by atoms with Gasteiger partial charge < -0.3 is 5.32 Å². The first-order valence-corrected chi connectivity index (χ1v) is 10.6. The molecule has 0 fully saturated rings. The Labute approximate surface area is 167 Å². The van der Waals surface area contributed by atoms with Gasteiger partial charge in [0.15, 0.2) is 5.13 Å². The molecule has 0 spiro atoms. The Hall–Kier alpha value is -2.54. The van der Waals surface area contributed by atoms with Gasteiger partial charge in [-0.2, -0.15) is 0 Å². The standard InChI is InChI=1S/C21H24N4O2S/c1-3-6-14-9-10-17-18(11-14)28-21(23-17)24-19(26)12-25-13(2)22-16-8-5-4-7-15(16)20(25)27/h4-5,7-8,14H,3,6,9-12H2,1-2H3,(H,23,24,26). The van der Waals surface area contributed by atoms with Crippen LogP contribution in [0.4, 0.5) is 5.13 Å². The summed E-state index contributed by atoms with van der Waals surface area (Å²) in [6.07, 6.45) is 5.67. The Balaban J connectivity index is 1.50. The molecule has 4 rings (SSSR count). The fourth-order valence-corrected chi connectivity index (χ4v) is 5.06. The van der Waals surface area contributed by atoms with E-state index in [4.69, 9.17) is 0 Å². The first-order valence-electron chi connectivity index (χ1n) is 9.79. The quantitative estimate of drug-likeness (QED) is 0.713. The van der Waals surface area contributed by atoms with E-state index in [1.807, 2.05) is 6.07 Å². The normalized spacial score (nSPS) is 16.1. The molecule has 2 aromatic heterocycles. The molecule has 0 saturated carbocycles. The maximum absolute atomic E-state index is 12.7. The number of thiazole rings is 1. The average molecular weight is 397 g/mol. The summed E-state index contributed by atoms with van der Waals surface area (Å²) in [7, 11) is 0. The fraction of sp³-hybridized carbons (Fsp3) is 0.429. The third-order valence-corrected chi connectivity index (χ3v) is 6.37. The number of nitrogens with one attached hydrogen (secondary N) is 1. The SMILES string of the molecule is CCCC1CCc2nc(NC(=O)Cn3c(C)nc4ccccc4c3=O)sc2C1. The molecule has 3 aromatic rings. The number of rotatable bonds is 5. The Morgan fingerprint density at radius 3 is 2.96 bits per heavy atom. The van der Waals surface area contributed by atoms with Crippen molar-refractivity contribution in [2.24, 2.45) is 5.92 Å². The maximum Gasteiger partial charge on any atom is 0.261 e. The summed E-state index contributed by atoms with van der Waals surface area (Å²) in [5.41, 5.74) is 1.57. The van der Waals surface area contributed by atoms with Gasteiger partial charge >= 0.3 is 0 Å². The summed E-state index contributed by atoms with van der Waals surface area (Å²) in [6, 6.07) is 7.19. The van der Waals surface area contributed by atoms with E-state index >= 15 is 0 Å². The zero-order valence-electron chi connectivity index (χ0n) is 16.2. The number of benzene rings is 1. The number of hydrogen-bond donors (Lipinski definition) is 1. The number of carbonyl (C=O) groups is 1. The molecular weight excluding hydrogens is 372 g/mol. The highest BCUT2D eigenvalue weighted by atomic mass is 32.1. The Morgan fingerprint density at radius 2 is 2.14 bits per heavy atom. The molecule has 0 radical (unpaired) electrons. The zero-order valence-corrected chi connectivity index (χ0v) is 17.0. The molecule has 1 aliphatic rings. The van der Waals surface area contributed by atoms with Crippen molar-refractivity contribution >= 4 is 33.3 Å². The van der Waals surface area contributed by atoms with Crippen LogP contribution in [-0.2, 0) is 24.2 Å². The summed E-state index contributed by atoms with van der Waals surface area (Å²) in [5, 5.41) is 4.03. The highest BCUT2D eigenvalue weighted by molar-refractivity contribution is 7.15. The minimum Gasteiger partial charge on any atom is -0.300 e. The second-order valence-electron chi connectivity index (χ2n) is 7.40. The summed E-state index contributed by atoms with van der Waals surface area (Å²) in [5.74, 6) is 1.00. The van der Waals surface area contributed by atoms with Crippen molar-refractivity contribution in [3.05, 3.63) is 51.0 Å². The van der Waals surface area contributed by atoms with Gasteiger partial charge in [0, 0.05) is 4.88 Å². The minimum atomic E-state index is -0.251. The molecule has 1 aromatic carbocycles. The molecule has 1 N–H and O–H groups in total. The van der Waals surface area contributed by atoms with Crippen LogP contribution in [0.2, 0.25) is 0 Å². The monoisotopic (exact) mass is 396 g/mol. The van der Waals surface area contributed by atoms with Crippen molar-refractivity contribution in [2.75, 3.05) is 5.32 Å². The molecular formula is C21H24N4O2S. The topological polar surface area (TPSA) is 76.9 Å². The highest BCUT2D eigenvalue weighted by Gasteiger charge is 2.22. The van der Waals surface area contributed by atoms with E-state index in [1.54, 1.807) is 36.5 Å². The summed E-state index contributed by atoms with van der Waals surface area (Å²) < 4.78 is 1.42. The van der Waals surface area contributed by atoms with Gasteiger partial charge in [-0.3, -0.25) is 14.2 Å². The predicted molar refractivity (Wildman–Crippen MR) is 112 cm³/mol. The summed E-state index contributed by atoms with van der Waals surface area (Å²) in [6.45, 7) is 3.90. The van der Waals surface area contributed by atoms with Crippen molar-refractivity contribution in [3.63, 3.8) is 0 Å². The fourth-order valence-electron chi connectivity index (χ4n) is 3.92. The van der Waals surface area contributed by atoms with Crippen molar-refractivity contribution in [1.29, 1.82) is 0 Å². The molecule has 28 heavy (non-hydrogen) atoms. The first-order chi connectivity index (χ1) is 13.5. The Morgan fingerprint density at radius 1 is 1.32 bits per heavy atom. The van der Waals surface area contributed by atoms with Gasteiger partial charge in [-0.15, -0.1) is 11.3 Å². The number of fused-ring (bicyclic) bond motifs is 2. The van der Waals surface area contributed by atoms with Crippen molar-refractivity contribution < 1.29 is 4.79 Å². The van der Waals surface area contributed by atoms with Gasteiger partial charge in [0.05, 0.1) is 16.6 Å². The minimum absolute atomic E-state index is 0.0643. The molecule has 1 aliphatic carbocycles. The Kier molecular flexibility index (Phi) is 5.26. The van der Waals surface area contributed by atoms with Crippen LogP contribution in [0.25, 0.3) is 10.9 Å². The molecule has 0 bridgehead atoms. The molecule has 1 atom stereocenters. The zero-order chi connectivity index (χ0) is 19.7. The van der Waals surface area contributed by atoms with Crippen LogP contribution < -0.4 is 10.9 Å². The lowest BCUT2D eigenvalue weighted by molar-refractivity contribution is -0.116. The molecule has 146 valence electrons. The van der Waals surface area contributed by atoms with Crippen LogP contribution in [0.3, 0.4) is 0 Å².